The van der Waals surface area contributed by atoms with Crippen molar-refractivity contribution >= 4 is 5.97 Å². The molecule has 0 aromatic heterocycles. The maximum atomic E-state index is 11.7. The van der Waals surface area contributed by atoms with Crippen LogP contribution in [0.2, 0.25) is 0 Å². The number of allylic oxidation sites excluding steroid dienone is 1. The quantitative estimate of drug-likeness (QED) is 0.378. The second-order valence-electron chi connectivity index (χ2n) is 5.03. The topological polar surface area (TPSA) is 29.5 Å². The molecule has 0 N–H and O–H groups in total. The predicted molar refractivity (Wildman–Crippen MR) is 74.5 cm³/mol. The maximum Gasteiger partial charge on any atom is 0.310 e. The van der Waals surface area contributed by atoms with Crippen molar-refractivity contribution < 1.29 is 9.53 Å². The van der Waals surface area contributed by atoms with E-state index in [2.05, 4.69) is 11.5 Å². The van der Waals surface area contributed by atoms with Gasteiger partial charge in [0.15, 0.2) is 0 Å². The highest BCUT2D eigenvalue weighted by molar-refractivity contribution is 5.72. The number of carbonyl (C=O) groups is 1. The van der Waals surface area contributed by atoms with Gasteiger partial charge in [0.2, 0.25) is 0 Å². The molecule has 1 heterocycles. The summed E-state index contributed by atoms with van der Waals surface area (Å²) in [6.07, 6.45) is 8.93. The Morgan fingerprint density at radius 3 is 3.00 bits per heavy atom. The van der Waals surface area contributed by atoms with E-state index in [0.717, 1.165) is 38.9 Å². The van der Waals surface area contributed by atoms with Gasteiger partial charge in [0.25, 0.3) is 0 Å². The summed E-state index contributed by atoms with van der Waals surface area (Å²) in [5.41, 5.74) is 0. The zero-order valence-electron chi connectivity index (χ0n) is 11.7. The number of ether oxygens (including phenoxy) is 1. The summed E-state index contributed by atoms with van der Waals surface area (Å²) in [6.45, 7) is 9.25. The normalized spacial score (nSPS) is 20.6. The van der Waals surface area contributed by atoms with Crippen LogP contribution in [0.25, 0.3) is 0 Å². The zero-order valence-corrected chi connectivity index (χ0v) is 11.7. The van der Waals surface area contributed by atoms with Crippen LogP contribution in [0.3, 0.4) is 0 Å². The van der Waals surface area contributed by atoms with E-state index in [4.69, 9.17) is 4.74 Å². The van der Waals surface area contributed by atoms with Gasteiger partial charge in [0.05, 0.1) is 12.5 Å². The molecule has 1 rings (SSSR count). The lowest BCUT2D eigenvalue weighted by Gasteiger charge is -2.31. The molecule has 0 saturated carbocycles. The first kappa shape index (κ1) is 15.2. The van der Waals surface area contributed by atoms with E-state index in [1.54, 1.807) is 0 Å². The molecule has 1 atom stereocenters. The zero-order chi connectivity index (χ0) is 13.2. The average molecular weight is 253 g/mol. The molecule has 18 heavy (non-hydrogen) atoms. The molecular formula is C15H27NO2. The van der Waals surface area contributed by atoms with Crippen LogP contribution in [-0.2, 0) is 9.53 Å². The molecule has 3 heteroatoms. The Bertz CT molecular complexity index is 253. The molecule has 1 aliphatic heterocycles. The highest BCUT2D eigenvalue weighted by Gasteiger charge is 2.26. The number of piperidine rings is 1. The van der Waals surface area contributed by atoms with Crippen LogP contribution in [0.15, 0.2) is 12.7 Å². The van der Waals surface area contributed by atoms with Crippen LogP contribution in [0.5, 0.6) is 0 Å². The maximum absolute atomic E-state index is 11.7. The number of likely N-dealkylation sites (tertiary alicyclic amines) is 1. The molecule has 0 aromatic rings. The molecule has 0 aromatic carbocycles. The van der Waals surface area contributed by atoms with Crippen molar-refractivity contribution in [1.82, 2.24) is 4.90 Å². The monoisotopic (exact) mass is 253 g/mol. The Balaban J connectivity index is 2.18. The predicted octanol–water partition coefficient (Wildman–Crippen LogP) is 3.01. The molecule has 1 saturated heterocycles. The summed E-state index contributed by atoms with van der Waals surface area (Å²) in [5, 5.41) is 0. The molecule has 3 nitrogen and oxygen atoms in total. The second kappa shape index (κ2) is 9.15. The summed E-state index contributed by atoms with van der Waals surface area (Å²) in [6, 6.07) is 0. The smallest absolute Gasteiger partial charge is 0.310 e. The van der Waals surface area contributed by atoms with Gasteiger partial charge < -0.3 is 9.64 Å². The first-order chi connectivity index (χ1) is 8.77. The number of esters is 1. The minimum Gasteiger partial charge on any atom is -0.466 e. The number of hydrogen-bond donors (Lipinski definition) is 0. The molecule has 104 valence electrons. The largest absolute Gasteiger partial charge is 0.466 e. The fraction of sp³-hybridized carbons (Fsp3) is 0.800. The molecule has 0 spiro atoms. The van der Waals surface area contributed by atoms with E-state index >= 15 is 0 Å². The highest BCUT2D eigenvalue weighted by atomic mass is 16.5. The standard InChI is InChI=1S/C15H27NO2/c1-3-5-6-7-8-11-16-12-9-10-14(13-16)15(17)18-4-2/h3,14H,1,4-13H2,2H3. The van der Waals surface area contributed by atoms with Crippen LogP contribution in [0, 0.1) is 5.92 Å². The number of rotatable bonds is 8. The van der Waals surface area contributed by atoms with Crippen molar-refractivity contribution in [1.29, 1.82) is 0 Å². The number of nitrogens with zero attached hydrogens (tertiary/aromatic N) is 1. The molecule has 1 fully saturated rings. The lowest BCUT2D eigenvalue weighted by Crippen LogP contribution is -2.39. The SMILES string of the molecule is C=CCCCCCN1CCCC(C(=O)OCC)C1. The molecule has 0 amide bonds. The van der Waals surface area contributed by atoms with Gasteiger partial charge in [-0.3, -0.25) is 4.79 Å². The van der Waals surface area contributed by atoms with Crippen LogP contribution >= 0.6 is 0 Å². The van der Waals surface area contributed by atoms with Crippen molar-refractivity contribution in [2.75, 3.05) is 26.2 Å². The Hall–Kier alpha value is -0.830. The van der Waals surface area contributed by atoms with Crippen LogP contribution in [-0.4, -0.2) is 37.1 Å². The van der Waals surface area contributed by atoms with Gasteiger partial charge in [0.1, 0.15) is 0 Å². The van der Waals surface area contributed by atoms with E-state index in [0.29, 0.717) is 6.61 Å². The average Bonchev–Trinajstić information content (AvgIpc) is 2.39. The Morgan fingerprint density at radius 2 is 2.28 bits per heavy atom. The molecule has 1 aliphatic rings. The van der Waals surface area contributed by atoms with Crippen LogP contribution in [0.4, 0.5) is 0 Å². The minimum absolute atomic E-state index is 0.00569. The van der Waals surface area contributed by atoms with Gasteiger partial charge in [-0.1, -0.05) is 12.5 Å². The fourth-order valence-corrected chi connectivity index (χ4v) is 2.51. The van der Waals surface area contributed by atoms with E-state index in [-0.39, 0.29) is 11.9 Å². The Labute approximate surface area is 111 Å². The van der Waals surface area contributed by atoms with Gasteiger partial charge in [-0.2, -0.15) is 0 Å². The van der Waals surface area contributed by atoms with E-state index in [1.807, 2.05) is 13.0 Å². The third kappa shape index (κ3) is 5.67. The second-order valence-corrected chi connectivity index (χ2v) is 5.03. The lowest BCUT2D eigenvalue weighted by atomic mass is 9.98. The molecule has 0 bridgehead atoms. The van der Waals surface area contributed by atoms with Gasteiger partial charge in [-0.15, -0.1) is 6.58 Å². The Morgan fingerprint density at radius 1 is 1.44 bits per heavy atom. The third-order valence-electron chi connectivity index (χ3n) is 3.51. The summed E-state index contributed by atoms with van der Waals surface area (Å²) in [7, 11) is 0. The number of unbranched alkanes of at least 4 members (excludes halogenated alkanes) is 3. The summed E-state index contributed by atoms with van der Waals surface area (Å²) >= 11 is 0. The van der Waals surface area contributed by atoms with Crippen LogP contribution in [0.1, 0.15) is 45.4 Å². The molecule has 1 unspecified atom stereocenters. The van der Waals surface area contributed by atoms with E-state index in [1.165, 1.54) is 19.3 Å². The first-order valence-corrected chi connectivity index (χ1v) is 7.27. The lowest BCUT2D eigenvalue weighted by molar-refractivity contribution is -0.149. The highest BCUT2D eigenvalue weighted by Crippen LogP contribution is 2.18. The van der Waals surface area contributed by atoms with Crippen LogP contribution < -0.4 is 0 Å². The molecule has 0 radical (unpaired) electrons. The Kier molecular flexibility index (Phi) is 7.74. The first-order valence-electron chi connectivity index (χ1n) is 7.27. The van der Waals surface area contributed by atoms with Gasteiger partial charge in [0, 0.05) is 6.54 Å². The van der Waals surface area contributed by atoms with Crippen molar-refractivity contribution in [3.8, 4) is 0 Å². The van der Waals surface area contributed by atoms with E-state index < -0.39 is 0 Å². The van der Waals surface area contributed by atoms with Crippen molar-refractivity contribution in [2.45, 2.75) is 45.4 Å². The summed E-state index contributed by atoms with van der Waals surface area (Å²) in [4.78, 5) is 14.1. The fourth-order valence-electron chi connectivity index (χ4n) is 2.51. The summed E-state index contributed by atoms with van der Waals surface area (Å²) < 4.78 is 5.11. The van der Waals surface area contributed by atoms with Gasteiger partial charge in [-0.05, 0) is 52.1 Å². The van der Waals surface area contributed by atoms with Crippen molar-refractivity contribution in [3.05, 3.63) is 12.7 Å². The van der Waals surface area contributed by atoms with Gasteiger partial charge in [-0.25, -0.2) is 0 Å². The van der Waals surface area contributed by atoms with Crippen molar-refractivity contribution in [2.24, 2.45) is 5.92 Å². The number of hydrogen-bond acceptors (Lipinski definition) is 3. The van der Waals surface area contributed by atoms with E-state index in [9.17, 15) is 4.79 Å². The summed E-state index contributed by atoms with van der Waals surface area (Å²) in [5.74, 6) is 0.0979. The minimum atomic E-state index is -0.00569. The molecule has 0 aliphatic carbocycles. The van der Waals surface area contributed by atoms with Crippen molar-refractivity contribution in [3.63, 3.8) is 0 Å². The third-order valence-corrected chi connectivity index (χ3v) is 3.51. The van der Waals surface area contributed by atoms with Gasteiger partial charge >= 0.3 is 5.97 Å². The number of carbonyl (C=O) groups excluding carboxylic acids is 1. The molecular weight excluding hydrogens is 226 g/mol.